The Morgan fingerprint density at radius 2 is 1.87 bits per heavy atom. The van der Waals surface area contributed by atoms with Crippen molar-refractivity contribution in [2.75, 3.05) is 16.4 Å². The first-order valence-electron chi connectivity index (χ1n) is 6.48. The maximum Gasteiger partial charge on any atom is 0.267 e. The molecule has 5 nitrogen and oxygen atoms in total. The van der Waals surface area contributed by atoms with E-state index in [4.69, 9.17) is 22.6 Å². The molecule has 23 heavy (non-hydrogen) atoms. The predicted molar refractivity (Wildman–Crippen MR) is 88.2 cm³/mol. The minimum absolute atomic E-state index is 0.151. The van der Waals surface area contributed by atoms with Crippen molar-refractivity contribution in [3.05, 3.63) is 65.1 Å². The lowest BCUT2D eigenvalue weighted by atomic mass is 10.2. The monoisotopic (exact) mass is 330 g/mol. The van der Waals surface area contributed by atoms with E-state index >= 15 is 0 Å². The van der Waals surface area contributed by atoms with Crippen LogP contribution in [-0.4, -0.2) is 5.91 Å². The van der Waals surface area contributed by atoms with E-state index in [0.717, 1.165) is 0 Å². The lowest BCUT2D eigenvalue weighted by molar-refractivity contribution is -0.112. The molecule has 0 heterocycles. The SMILES string of the molecule is N#C/C(=C/Nc1ccc(F)cc1)C(=O)Nc1ccc(N)c(Cl)c1. The summed E-state index contributed by atoms with van der Waals surface area (Å²) in [6.07, 6.45) is 1.24. The van der Waals surface area contributed by atoms with E-state index in [9.17, 15) is 9.18 Å². The summed E-state index contributed by atoms with van der Waals surface area (Å²) in [7, 11) is 0. The van der Waals surface area contributed by atoms with Gasteiger partial charge in [-0.15, -0.1) is 0 Å². The molecule has 0 radical (unpaired) electrons. The number of nitrogens with zero attached hydrogens (tertiary/aromatic N) is 1. The van der Waals surface area contributed by atoms with Gasteiger partial charge in [0, 0.05) is 17.6 Å². The largest absolute Gasteiger partial charge is 0.398 e. The zero-order valence-electron chi connectivity index (χ0n) is 11.8. The van der Waals surface area contributed by atoms with Crippen molar-refractivity contribution in [1.82, 2.24) is 0 Å². The quantitative estimate of drug-likeness (QED) is 0.454. The minimum atomic E-state index is -0.608. The van der Waals surface area contributed by atoms with Gasteiger partial charge in [-0.3, -0.25) is 4.79 Å². The molecule has 0 aromatic heterocycles. The van der Waals surface area contributed by atoms with Gasteiger partial charge in [-0.2, -0.15) is 5.26 Å². The third kappa shape index (κ3) is 4.46. The molecule has 2 rings (SSSR count). The van der Waals surface area contributed by atoms with Crippen LogP contribution in [0.5, 0.6) is 0 Å². The van der Waals surface area contributed by atoms with Gasteiger partial charge in [0.25, 0.3) is 5.91 Å². The van der Waals surface area contributed by atoms with Crippen molar-refractivity contribution in [1.29, 1.82) is 5.26 Å². The van der Waals surface area contributed by atoms with Gasteiger partial charge in [-0.1, -0.05) is 11.6 Å². The molecule has 7 heteroatoms. The lowest BCUT2D eigenvalue weighted by Gasteiger charge is -2.06. The van der Waals surface area contributed by atoms with Crippen molar-refractivity contribution in [2.45, 2.75) is 0 Å². The molecule has 0 saturated carbocycles. The molecule has 0 fully saturated rings. The molecule has 0 saturated heterocycles. The van der Waals surface area contributed by atoms with Crippen molar-refractivity contribution in [3.63, 3.8) is 0 Å². The fourth-order valence-electron chi connectivity index (χ4n) is 1.65. The number of anilines is 3. The minimum Gasteiger partial charge on any atom is -0.398 e. The van der Waals surface area contributed by atoms with E-state index in [1.807, 2.05) is 0 Å². The lowest BCUT2D eigenvalue weighted by Crippen LogP contribution is -2.14. The average Bonchev–Trinajstić information content (AvgIpc) is 2.53. The number of nitrogens with one attached hydrogen (secondary N) is 2. The Bertz CT molecular complexity index is 797. The Kier molecular flexibility index (Phi) is 5.18. The molecule has 4 N–H and O–H groups in total. The van der Waals surface area contributed by atoms with Gasteiger partial charge < -0.3 is 16.4 Å². The van der Waals surface area contributed by atoms with Gasteiger partial charge in [0.05, 0.1) is 10.7 Å². The normalized spacial score (nSPS) is 10.7. The van der Waals surface area contributed by atoms with E-state index in [0.29, 0.717) is 22.1 Å². The fourth-order valence-corrected chi connectivity index (χ4v) is 1.83. The highest BCUT2D eigenvalue weighted by molar-refractivity contribution is 6.33. The van der Waals surface area contributed by atoms with E-state index in [-0.39, 0.29) is 11.4 Å². The summed E-state index contributed by atoms with van der Waals surface area (Å²) < 4.78 is 12.8. The fraction of sp³-hybridized carbons (Fsp3) is 0. The first-order chi connectivity index (χ1) is 11.0. The Hall–Kier alpha value is -3.04. The van der Waals surface area contributed by atoms with Crippen LogP contribution in [0.3, 0.4) is 0 Å². The number of nitrogens with two attached hydrogens (primary N) is 1. The molecule has 1 amide bonds. The third-order valence-corrected chi connectivity index (χ3v) is 3.18. The maximum absolute atomic E-state index is 12.8. The highest BCUT2D eigenvalue weighted by atomic mass is 35.5. The highest BCUT2D eigenvalue weighted by Crippen LogP contribution is 2.22. The van der Waals surface area contributed by atoms with Crippen molar-refractivity contribution >= 4 is 34.6 Å². The summed E-state index contributed by atoms with van der Waals surface area (Å²) in [5, 5.41) is 14.7. The number of benzene rings is 2. The number of nitrogen functional groups attached to an aromatic ring is 1. The van der Waals surface area contributed by atoms with E-state index in [2.05, 4.69) is 10.6 Å². The average molecular weight is 331 g/mol. The van der Waals surface area contributed by atoms with Crippen molar-refractivity contribution in [3.8, 4) is 6.07 Å². The molecule has 0 bridgehead atoms. The topological polar surface area (TPSA) is 90.9 Å². The summed E-state index contributed by atoms with van der Waals surface area (Å²) in [4.78, 5) is 12.0. The molecule has 0 atom stereocenters. The molecule has 2 aromatic carbocycles. The van der Waals surface area contributed by atoms with Gasteiger partial charge in [-0.05, 0) is 42.5 Å². The highest BCUT2D eigenvalue weighted by Gasteiger charge is 2.10. The summed E-state index contributed by atoms with van der Waals surface area (Å²) in [6, 6.07) is 11.9. The first-order valence-corrected chi connectivity index (χ1v) is 6.86. The molecule has 2 aromatic rings. The van der Waals surface area contributed by atoms with Crippen LogP contribution in [0.2, 0.25) is 5.02 Å². The van der Waals surface area contributed by atoms with Crippen LogP contribution in [0.15, 0.2) is 54.2 Å². The summed E-state index contributed by atoms with van der Waals surface area (Å²) in [6.45, 7) is 0. The van der Waals surface area contributed by atoms with Crippen molar-refractivity contribution < 1.29 is 9.18 Å². The maximum atomic E-state index is 12.8. The summed E-state index contributed by atoms with van der Waals surface area (Å²) in [5.41, 5.74) is 6.78. The molecular weight excluding hydrogens is 319 g/mol. The Morgan fingerprint density at radius 1 is 1.22 bits per heavy atom. The van der Waals surface area contributed by atoms with E-state index in [1.165, 1.54) is 36.5 Å². The molecule has 0 spiro atoms. The number of carbonyl (C=O) groups is 1. The van der Waals surface area contributed by atoms with Crippen LogP contribution in [0.25, 0.3) is 0 Å². The molecule has 0 aliphatic rings. The Morgan fingerprint density at radius 3 is 2.48 bits per heavy atom. The van der Waals surface area contributed by atoms with Crippen LogP contribution in [0.4, 0.5) is 21.5 Å². The van der Waals surface area contributed by atoms with Crippen LogP contribution in [0, 0.1) is 17.1 Å². The second-order valence-corrected chi connectivity index (χ2v) is 4.92. The number of rotatable bonds is 4. The molecule has 0 unspecified atom stereocenters. The van der Waals surface area contributed by atoms with Crippen LogP contribution >= 0.6 is 11.6 Å². The van der Waals surface area contributed by atoms with Gasteiger partial charge in [0.1, 0.15) is 17.5 Å². The number of amides is 1. The van der Waals surface area contributed by atoms with Crippen molar-refractivity contribution in [2.24, 2.45) is 0 Å². The zero-order chi connectivity index (χ0) is 16.8. The second kappa shape index (κ2) is 7.29. The second-order valence-electron chi connectivity index (χ2n) is 4.51. The molecule has 116 valence electrons. The van der Waals surface area contributed by atoms with E-state index in [1.54, 1.807) is 18.2 Å². The van der Waals surface area contributed by atoms with Crippen LogP contribution in [-0.2, 0) is 4.79 Å². The smallest absolute Gasteiger partial charge is 0.267 e. The van der Waals surface area contributed by atoms with Gasteiger partial charge >= 0.3 is 0 Å². The zero-order valence-corrected chi connectivity index (χ0v) is 12.6. The van der Waals surface area contributed by atoms with Crippen LogP contribution in [0.1, 0.15) is 0 Å². The third-order valence-electron chi connectivity index (χ3n) is 2.85. The van der Waals surface area contributed by atoms with Gasteiger partial charge in [0.2, 0.25) is 0 Å². The molecule has 0 aliphatic heterocycles. The summed E-state index contributed by atoms with van der Waals surface area (Å²) in [5.74, 6) is -0.985. The number of carbonyl (C=O) groups excluding carboxylic acids is 1. The molecular formula is C16H12ClFN4O. The number of halogens is 2. The predicted octanol–water partition coefficient (Wildman–Crippen LogP) is 3.52. The Balaban J connectivity index is 2.08. The number of hydrogen-bond donors (Lipinski definition) is 3. The summed E-state index contributed by atoms with van der Waals surface area (Å²) >= 11 is 5.87. The number of nitriles is 1. The molecule has 0 aliphatic carbocycles. The van der Waals surface area contributed by atoms with Gasteiger partial charge in [0.15, 0.2) is 0 Å². The standard InChI is InChI=1S/C16H12ClFN4O/c17-14-7-13(5-6-15(14)20)22-16(23)10(8-19)9-21-12-3-1-11(18)2-4-12/h1-7,9,21H,20H2,(H,22,23)/b10-9-. The van der Waals surface area contributed by atoms with E-state index < -0.39 is 5.91 Å². The van der Waals surface area contributed by atoms with Gasteiger partial charge in [-0.25, -0.2) is 4.39 Å². The Labute approximate surface area is 137 Å². The number of hydrogen-bond acceptors (Lipinski definition) is 4. The van der Waals surface area contributed by atoms with Crippen LogP contribution < -0.4 is 16.4 Å². The first kappa shape index (κ1) is 16.3.